The van der Waals surface area contributed by atoms with Crippen LogP contribution in [0.4, 0.5) is 4.79 Å². The Labute approximate surface area is 197 Å². The van der Waals surface area contributed by atoms with Crippen LogP contribution >= 0.6 is 0 Å². The van der Waals surface area contributed by atoms with Gasteiger partial charge in [0.1, 0.15) is 13.2 Å². The van der Waals surface area contributed by atoms with E-state index in [2.05, 4.69) is 22.5 Å². The van der Waals surface area contributed by atoms with E-state index in [0.29, 0.717) is 37.7 Å². The molecule has 2 amide bonds. The summed E-state index contributed by atoms with van der Waals surface area (Å²) in [7, 11) is 1.54. The van der Waals surface area contributed by atoms with Crippen LogP contribution in [0.5, 0.6) is 11.5 Å². The fourth-order valence-corrected chi connectivity index (χ4v) is 4.42. The lowest BCUT2D eigenvalue weighted by molar-refractivity contribution is -0.123. The lowest BCUT2D eigenvalue weighted by Crippen LogP contribution is -2.48. The van der Waals surface area contributed by atoms with E-state index in [1.165, 1.54) is 19.9 Å². The third-order valence-electron chi connectivity index (χ3n) is 6.21. The summed E-state index contributed by atoms with van der Waals surface area (Å²) in [5.41, 5.74) is 0.773. The highest BCUT2D eigenvalue weighted by molar-refractivity contribution is 5.76. The minimum Gasteiger partial charge on any atom is -0.486 e. The topological polar surface area (TPSA) is 89.1 Å². The number of alkyl carbamates (subject to hydrolysis) is 1. The van der Waals surface area contributed by atoms with Gasteiger partial charge in [-0.1, -0.05) is 38.7 Å². The number of carbonyl (C=O) groups is 2. The highest BCUT2D eigenvalue weighted by Gasteiger charge is 2.32. The van der Waals surface area contributed by atoms with Crippen LogP contribution < -0.4 is 20.1 Å². The van der Waals surface area contributed by atoms with Crippen molar-refractivity contribution in [2.45, 2.75) is 70.4 Å². The SMILES string of the molecule is CCCCCCCC(=O)NC(CN1CCCC1)C(OC(=O)NC)c1ccc2c(c1)OCCO2. The predicted octanol–water partition coefficient (Wildman–Crippen LogP) is 3.80. The molecule has 0 aliphatic carbocycles. The van der Waals surface area contributed by atoms with E-state index >= 15 is 0 Å². The first-order chi connectivity index (χ1) is 16.1. The highest BCUT2D eigenvalue weighted by atomic mass is 16.6. The fourth-order valence-electron chi connectivity index (χ4n) is 4.42. The van der Waals surface area contributed by atoms with Crippen molar-refractivity contribution in [1.29, 1.82) is 0 Å². The van der Waals surface area contributed by atoms with Crippen LogP contribution in [-0.4, -0.2) is 62.8 Å². The Balaban J connectivity index is 1.77. The number of hydrogen-bond acceptors (Lipinski definition) is 6. The zero-order valence-corrected chi connectivity index (χ0v) is 20.1. The van der Waals surface area contributed by atoms with Crippen LogP contribution in [0, 0.1) is 0 Å². The molecule has 2 heterocycles. The van der Waals surface area contributed by atoms with Crippen LogP contribution in [0.25, 0.3) is 0 Å². The first-order valence-corrected chi connectivity index (χ1v) is 12.4. The number of hydrogen-bond donors (Lipinski definition) is 2. The Morgan fingerprint density at radius 1 is 1.06 bits per heavy atom. The number of amides is 2. The zero-order chi connectivity index (χ0) is 23.5. The maximum Gasteiger partial charge on any atom is 0.407 e. The van der Waals surface area contributed by atoms with Gasteiger partial charge in [0.25, 0.3) is 0 Å². The molecule has 33 heavy (non-hydrogen) atoms. The summed E-state index contributed by atoms with van der Waals surface area (Å²) in [6.45, 7) is 5.76. The third-order valence-corrected chi connectivity index (χ3v) is 6.21. The maximum atomic E-state index is 12.9. The van der Waals surface area contributed by atoms with Gasteiger partial charge in [-0.25, -0.2) is 4.79 Å². The smallest absolute Gasteiger partial charge is 0.407 e. The minimum atomic E-state index is -0.648. The van der Waals surface area contributed by atoms with E-state index in [0.717, 1.165) is 50.8 Å². The van der Waals surface area contributed by atoms with Crippen molar-refractivity contribution in [2.24, 2.45) is 0 Å². The lowest BCUT2D eigenvalue weighted by Gasteiger charge is -2.32. The number of rotatable bonds is 12. The van der Waals surface area contributed by atoms with Crippen molar-refractivity contribution in [3.63, 3.8) is 0 Å². The number of likely N-dealkylation sites (tertiary alicyclic amines) is 1. The van der Waals surface area contributed by atoms with Crippen molar-refractivity contribution < 1.29 is 23.8 Å². The molecule has 8 heteroatoms. The molecule has 8 nitrogen and oxygen atoms in total. The summed E-state index contributed by atoms with van der Waals surface area (Å²) in [6, 6.07) is 5.21. The Bertz CT molecular complexity index is 766. The Hall–Kier alpha value is -2.48. The average Bonchev–Trinajstić information content (AvgIpc) is 3.34. The van der Waals surface area contributed by atoms with Gasteiger partial charge < -0.3 is 29.7 Å². The summed E-state index contributed by atoms with van der Waals surface area (Å²) in [5.74, 6) is 1.31. The van der Waals surface area contributed by atoms with Crippen molar-refractivity contribution in [3.8, 4) is 11.5 Å². The monoisotopic (exact) mass is 461 g/mol. The second kappa shape index (κ2) is 13.3. The van der Waals surface area contributed by atoms with E-state index < -0.39 is 12.2 Å². The predicted molar refractivity (Wildman–Crippen MR) is 127 cm³/mol. The first-order valence-electron chi connectivity index (χ1n) is 12.4. The van der Waals surface area contributed by atoms with Crippen molar-refractivity contribution in [2.75, 3.05) is 39.9 Å². The summed E-state index contributed by atoms with van der Waals surface area (Å²) in [6.07, 6.45) is 7.04. The number of nitrogens with zero attached hydrogens (tertiary/aromatic N) is 1. The van der Waals surface area contributed by atoms with E-state index in [9.17, 15) is 9.59 Å². The van der Waals surface area contributed by atoms with Gasteiger partial charge >= 0.3 is 6.09 Å². The molecule has 0 spiro atoms. The molecule has 0 saturated carbocycles. The molecule has 1 fully saturated rings. The van der Waals surface area contributed by atoms with Gasteiger partial charge in [0, 0.05) is 20.0 Å². The molecule has 2 aliphatic rings. The average molecular weight is 462 g/mol. The lowest BCUT2D eigenvalue weighted by atomic mass is 10.00. The van der Waals surface area contributed by atoms with E-state index in [1.807, 2.05) is 18.2 Å². The van der Waals surface area contributed by atoms with Crippen molar-refractivity contribution >= 4 is 12.0 Å². The largest absolute Gasteiger partial charge is 0.486 e. The molecule has 2 aliphatic heterocycles. The highest BCUT2D eigenvalue weighted by Crippen LogP contribution is 2.35. The van der Waals surface area contributed by atoms with E-state index in [4.69, 9.17) is 14.2 Å². The van der Waals surface area contributed by atoms with Gasteiger partial charge in [-0.2, -0.15) is 0 Å². The minimum absolute atomic E-state index is 0.00116. The molecule has 1 aromatic rings. The van der Waals surface area contributed by atoms with Crippen LogP contribution in [0.15, 0.2) is 18.2 Å². The van der Waals surface area contributed by atoms with Crippen molar-refractivity contribution in [3.05, 3.63) is 23.8 Å². The number of benzene rings is 1. The number of unbranched alkanes of at least 4 members (excludes halogenated alkanes) is 4. The van der Waals surface area contributed by atoms with Crippen LogP contribution in [0.3, 0.4) is 0 Å². The molecule has 0 bridgehead atoms. The Morgan fingerprint density at radius 3 is 2.52 bits per heavy atom. The Morgan fingerprint density at radius 2 is 1.79 bits per heavy atom. The number of ether oxygens (including phenoxy) is 3. The van der Waals surface area contributed by atoms with E-state index in [1.54, 1.807) is 0 Å². The summed E-state index contributed by atoms with van der Waals surface area (Å²) < 4.78 is 17.2. The van der Waals surface area contributed by atoms with Crippen LogP contribution in [0.2, 0.25) is 0 Å². The fraction of sp³-hybridized carbons (Fsp3) is 0.680. The standard InChI is InChI=1S/C25H39N3O5/c1-3-4-5-6-7-10-23(29)27-20(18-28-13-8-9-14-28)24(33-25(30)26-2)19-11-12-21-22(17-19)32-16-15-31-21/h11-12,17,20,24H,3-10,13-16,18H2,1-2H3,(H,26,30)(H,27,29). The van der Waals surface area contributed by atoms with Crippen LogP contribution in [-0.2, 0) is 9.53 Å². The molecule has 1 saturated heterocycles. The molecule has 2 atom stereocenters. The second-order valence-corrected chi connectivity index (χ2v) is 8.82. The summed E-state index contributed by atoms with van der Waals surface area (Å²) in [4.78, 5) is 27.4. The first kappa shape index (κ1) is 25.1. The molecular weight excluding hydrogens is 422 g/mol. The molecule has 2 N–H and O–H groups in total. The van der Waals surface area contributed by atoms with Gasteiger partial charge in [0.05, 0.1) is 6.04 Å². The van der Waals surface area contributed by atoms with E-state index in [-0.39, 0.29) is 11.9 Å². The summed E-state index contributed by atoms with van der Waals surface area (Å²) in [5, 5.41) is 5.73. The van der Waals surface area contributed by atoms with Gasteiger partial charge in [0.15, 0.2) is 17.6 Å². The van der Waals surface area contributed by atoms with Gasteiger partial charge in [-0.15, -0.1) is 0 Å². The quantitative estimate of drug-likeness (QED) is 0.461. The van der Waals surface area contributed by atoms with Crippen molar-refractivity contribution in [1.82, 2.24) is 15.5 Å². The van der Waals surface area contributed by atoms with Gasteiger partial charge in [-0.05, 0) is 50.0 Å². The molecule has 2 unspecified atom stereocenters. The maximum absolute atomic E-state index is 12.9. The van der Waals surface area contributed by atoms with Crippen LogP contribution in [0.1, 0.15) is 70.0 Å². The Kier molecular flexibility index (Phi) is 10.1. The number of carbonyl (C=O) groups excluding carboxylic acids is 2. The van der Waals surface area contributed by atoms with Gasteiger partial charge in [-0.3, -0.25) is 4.79 Å². The zero-order valence-electron chi connectivity index (χ0n) is 20.1. The molecule has 3 rings (SSSR count). The molecular formula is C25H39N3O5. The second-order valence-electron chi connectivity index (χ2n) is 8.82. The summed E-state index contributed by atoms with van der Waals surface area (Å²) >= 11 is 0. The molecule has 184 valence electrons. The molecule has 1 aromatic carbocycles. The van der Waals surface area contributed by atoms with Gasteiger partial charge in [0.2, 0.25) is 5.91 Å². The normalized spacial score (nSPS) is 17.3. The molecule has 0 aromatic heterocycles. The number of fused-ring (bicyclic) bond motifs is 1. The number of nitrogens with one attached hydrogen (secondary N) is 2. The molecule has 0 radical (unpaired) electrons. The third kappa shape index (κ3) is 7.81.